The first kappa shape index (κ1) is 18.5. The smallest absolute Gasteiger partial charge is 0.253 e. The molecular weight excluding hydrogens is 350 g/mol. The van der Waals surface area contributed by atoms with Gasteiger partial charge in [0.05, 0.1) is 5.75 Å². The summed E-state index contributed by atoms with van der Waals surface area (Å²) in [5.41, 5.74) is 2.70. The molecule has 3 rings (SSSR count). The minimum Gasteiger partial charge on any atom is -0.338 e. The zero-order valence-electron chi connectivity index (χ0n) is 14.8. The molecule has 1 aliphatic heterocycles. The summed E-state index contributed by atoms with van der Waals surface area (Å²) in [6, 6.07) is 11.4. The third-order valence-electron chi connectivity index (χ3n) is 4.72. The van der Waals surface area contributed by atoms with Gasteiger partial charge in [0.2, 0.25) is 10.0 Å². The lowest BCUT2D eigenvalue weighted by atomic mass is 9.98. The third-order valence-corrected chi connectivity index (χ3v) is 6.25. The first-order chi connectivity index (χ1) is 12.5. The van der Waals surface area contributed by atoms with Crippen molar-refractivity contribution < 1.29 is 13.2 Å². The fourth-order valence-electron chi connectivity index (χ4n) is 3.31. The molecule has 26 heavy (non-hydrogen) atoms. The molecule has 1 unspecified atom stereocenters. The number of benzene rings is 1. The predicted molar refractivity (Wildman–Crippen MR) is 101 cm³/mol. The minimum atomic E-state index is -3.26. The Morgan fingerprint density at radius 1 is 1.15 bits per heavy atom. The number of likely N-dealkylation sites (tertiary alicyclic amines) is 1. The van der Waals surface area contributed by atoms with Crippen LogP contribution in [0.25, 0.3) is 11.1 Å². The number of rotatable bonds is 5. The third kappa shape index (κ3) is 4.47. The Morgan fingerprint density at radius 2 is 1.81 bits per heavy atom. The van der Waals surface area contributed by atoms with E-state index >= 15 is 0 Å². The highest BCUT2D eigenvalue weighted by Crippen LogP contribution is 2.22. The van der Waals surface area contributed by atoms with Gasteiger partial charge in [-0.3, -0.25) is 9.78 Å². The number of carbonyl (C=O) groups is 1. The maximum absolute atomic E-state index is 12.8. The van der Waals surface area contributed by atoms with Crippen molar-refractivity contribution in [2.45, 2.75) is 12.8 Å². The Morgan fingerprint density at radius 3 is 2.46 bits per heavy atom. The summed E-state index contributed by atoms with van der Waals surface area (Å²) in [5, 5.41) is 0. The molecule has 1 aromatic carbocycles. The van der Waals surface area contributed by atoms with Crippen molar-refractivity contribution in [1.29, 1.82) is 0 Å². The maximum Gasteiger partial charge on any atom is 0.253 e. The molecule has 1 aromatic heterocycles. The van der Waals surface area contributed by atoms with Crippen molar-refractivity contribution in [3.8, 4) is 11.1 Å². The van der Waals surface area contributed by atoms with Crippen molar-refractivity contribution in [2.24, 2.45) is 5.92 Å². The zero-order chi connectivity index (χ0) is 18.6. The van der Waals surface area contributed by atoms with Crippen LogP contribution < -0.4 is 4.72 Å². The highest BCUT2D eigenvalue weighted by molar-refractivity contribution is 7.89. The first-order valence-corrected chi connectivity index (χ1v) is 10.3. The van der Waals surface area contributed by atoms with Gasteiger partial charge in [0.15, 0.2) is 0 Å². The molecular formula is C19H23N3O3S. The molecule has 138 valence electrons. The molecule has 7 heteroatoms. The monoisotopic (exact) mass is 373 g/mol. The SMILES string of the molecule is CNS(=O)(=O)CC1CCCN(C(=O)c2ccc(-c3ccncc3)cc2)C1. The molecule has 2 aromatic rings. The molecule has 0 spiro atoms. The van der Waals surface area contributed by atoms with Gasteiger partial charge >= 0.3 is 0 Å². The molecule has 1 fully saturated rings. The number of hydrogen-bond donors (Lipinski definition) is 1. The molecule has 1 aliphatic rings. The average Bonchev–Trinajstić information content (AvgIpc) is 2.68. The van der Waals surface area contributed by atoms with Crippen molar-refractivity contribution in [3.05, 3.63) is 54.4 Å². The summed E-state index contributed by atoms with van der Waals surface area (Å²) in [7, 11) is -1.84. The number of hydrogen-bond acceptors (Lipinski definition) is 4. The van der Waals surface area contributed by atoms with Crippen molar-refractivity contribution in [1.82, 2.24) is 14.6 Å². The van der Waals surface area contributed by atoms with E-state index in [1.165, 1.54) is 7.05 Å². The highest BCUT2D eigenvalue weighted by Gasteiger charge is 2.27. The van der Waals surface area contributed by atoms with E-state index < -0.39 is 10.0 Å². The second kappa shape index (κ2) is 7.97. The van der Waals surface area contributed by atoms with Gasteiger partial charge < -0.3 is 4.90 Å². The molecule has 2 heterocycles. The summed E-state index contributed by atoms with van der Waals surface area (Å²) in [6.45, 7) is 1.15. The zero-order valence-corrected chi connectivity index (χ0v) is 15.6. The van der Waals surface area contributed by atoms with Crippen LogP contribution in [0, 0.1) is 5.92 Å². The van der Waals surface area contributed by atoms with Crippen LogP contribution in [0.1, 0.15) is 23.2 Å². The van der Waals surface area contributed by atoms with E-state index in [1.54, 1.807) is 17.3 Å². The van der Waals surface area contributed by atoms with E-state index in [2.05, 4.69) is 9.71 Å². The van der Waals surface area contributed by atoms with Crippen molar-refractivity contribution >= 4 is 15.9 Å². The van der Waals surface area contributed by atoms with Crippen LogP contribution in [0.2, 0.25) is 0 Å². The summed E-state index contributed by atoms with van der Waals surface area (Å²) < 4.78 is 25.9. The second-order valence-electron chi connectivity index (χ2n) is 6.56. The topological polar surface area (TPSA) is 79.4 Å². The van der Waals surface area contributed by atoms with Crippen LogP contribution in [0.5, 0.6) is 0 Å². The van der Waals surface area contributed by atoms with E-state index in [-0.39, 0.29) is 17.6 Å². The van der Waals surface area contributed by atoms with Gasteiger partial charge in [-0.1, -0.05) is 12.1 Å². The Balaban J connectivity index is 1.69. The average molecular weight is 373 g/mol. The lowest BCUT2D eigenvalue weighted by Gasteiger charge is -2.32. The normalized spacial score (nSPS) is 17.9. The minimum absolute atomic E-state index is 0.0266. The van der Waals surface area contributed by atoms with Gasteiger partial charge in [-0.05, 0) is 61.2 Å². The van der Waals surface area contributed by atoms with E-state index in [0.717, 1.165) is 24.0 Å². The van der Waals surface area contributed by atoms with Crippen LogP contribution in [0.15, 0.2) is 48.8 Å². The van der Waals surface area contributed by atoms with E-state index in [1.807, 2.05) is 36.4 Å². The number of amides is 1. The number of carbonyl (C=O) groups excluding carboxylic acids is 1. The van der Waals surface area contributed by atoms with Gasteiger partial charge in [0, 0.05) is 31.0 Å². The Hall–Kier alpha value is -2.25. The van der Waals surface area contributed by atoms with Crippen LogP contribution >= 0.6 is 0 Å². The Labute approximate surface area is 154 Å². The summed E-state index contributed by atoms with van der Waals surface area (Å²) >= 11 is 0. The fraction of sp³-hybridized carbons (Fsp3) is 0.368. The summed E-state index contributed by atoms with van der Waals surface area (Å²) in [6.07, 6.45) is 5.12. The number of nitrogens with one attached hydrogen (secondary N) is 1. The Bertz CT molecular complexity index is 851. The number of sulfonamides is 1. The molecule has 6 nitrogen and oxygen atoms in total. The lowest BCUT2D eigenvalue weighted by Crippen LogP contribution is -2.42. The van der Waals surface area contributed by atoms with E-state index in [9.17, 15) is 13.2 Å². The van der Waals surface area contributed by atoms with Crippen molar-refractivity contribution in [2.75, 3.05) is 25.9 Å². The van der Waals surface area contributed by atoms with Crippen molar-refractivity contribution in [3.63, 3.8) is 0 Å². The summed E-state index contributed by atoms with van der Waals surface area (Å²) in [5.74, 6) is -0.00655. The summed E-state index contributed by atoms with van der Waals surface area (Å²) in [4.78, 5) is 18.6. The number of aromatic nitrogens is 1. The quantitative estimate of drug-likeness (QED) is 0.871. The van der Waals surface area contributed by atoms with Crippen LogP contribution in [0.4, 0.5) is 0 Å². The number of pyridine rings is 1. The molecule has 1 atom stereocenters. The molecule has 1 saturated heterocycles. The standard InChI is InChI=1S/C19H23N3O3S/c1-20-26(24,25)14-15-3-2-12-22(13-15)19(23)18-6-4-16(5-7-18)17-8-10-21-11-9-17/h4-11,15,20H,2-3,12-14H2,1H3. The van der Waals surface area contributed by atoms with Gasteiger partial charge in [0.25, 0.3) is 5.91 Å². The second-order valence-corrected chi connectivity index (χ2v) is 8.53. The highest BCUT2D eigenvalue weighted by atomic mass is 32.2. The van der Waals surface area contributed by atoms with Gasteiger partial charge in [0.1, 0.15) is 0 Å². The number of nitrogens with zero attached hydrogens (tertiary/aromatic N) is 2. The van der Waals surface area contributed by atoms with Crippen LogP contribution in [0.3, 0.4) is 0 Å². The Kier molecular flexibility index (Phi) is 5.68. The van der Waals surface area contributed by atoms with Gasteiger partial charge in [-0.25, -0.2) is 13.1 Å². The fourth-order valence-corrected chi connectivity index (χ4v) is 4.37. The lowest BCUT2D eigenvalue weighted by molar-refractivity contribution is 0.0684. The molecule has 0 radical (unpaired) electrons. The number of piperidine rings is 1. The molecule has 1 amide bonds. The van der Waals surface area contributed by atoms with Crippen LogP contribution in [-0.4, -0.2) is 50.1 Å². The molecule has 0 aliphatic carbocycles. The molecule has 0 bridgehead atoms. The maximum atomic E-state index is 12.8. The van der Waals surface area contributed by atoms with Crippen LogP contribution in [-0.2, 0) is 10.0 Å². The van der Waals surface area contributed by atoms with Gasteiger partial charge in [-0.15, -0.1) is 0 Å². The largest absolute Gasteiger partial charge is 0.338 e. The molecule has 0 saturated carbocycles. The van der Waals surface area contributed by atoms with E-state index in [0.29, 0.717) is 18.7 Å². The predicted octanol–water partition coefficient (Wildman–Crippen LogP) is 2.15. The molecule has 1 N–H and O–H groups in total. The van der Waals surface area contributed by atoms with Gasteiger partial charge in [-0.2, -0.15) is 0 Å². The van der Waals surface area contributed by atoms with E-state index in [4.69, 9.17) is 0 Å². The first-order valence-electron chi connectivity index (χ1n) is 8.69.